The summed E-state index contributed by atoms with van der Waals surface area (Å²) in [7, 11) is 0. The molecule has 0 aliphatic carbocycles. The van der Waals surface area contributed by atoms with Gasteiger partial charge in [0.05, 0.1) is 11.1 Å². The van der Waals surface area contributed by atoms with Gasteiger partial charge in [0.2, 0.25) is 0 Å². The molecule has 0 saturated carbocycles. The molecule has 1 atom stereocenters. The Kier molecular flexibility index (Phi) is 6.60. The van der Waals surface area contributed by atoms with Crippen molar-refractivity contribution < 1.29 is 4.74 Å². The third-order valence-electron chi connectivity index (χ3n) is 2.72. The van der Waals surface area contributed by atoms with E-state index in [4.69, 9.17) is 4.74 Å². The second-order valence-electron chi connectivity index (χ2n) is 4.17. The van der Waals surface area contributed by atoms with Crippen molar-refractivity contribution in [1.29, 1.82) is 0 Å². The van der Waals surface area contributed by atoms with Gasteiger partial charge in [-0.1, -0.05) is 26.3 Å². The average Bonchev–Trinajstić information content (AvgIpc) is 2.31. The number of nitrogens with one attached hydrogen (secondary N) is 1. The fourth-order valence-corrected chi connectivity index (χ4v) is 2.16. The van der Waals surface area contributed by atoms with E-state index >= 15 is 0 Å². The maximum Gasteiger partial charge on any atom is 0.133 e. The molecule has 3 heteroatoms. The van der Waals surface area contributed by atoms with Gasteiger partial charge in [0, 0.05) is 6.04 Å². The molecule has 2 nitrogen and oxygen atoms in total. The van der Waals surface area contributed by atoms with Crippen LogP contribution in [-0.2, 0) is 0 Å². The SMILES string of the molecule is CCCCOc1ccc(C(C)NCC)cc1Br. The van der Waals surface area contributed by atoms with E-state index in [1.807, 2.05) is 6.07 Å². The summed E-state index contributed by atoms with van der Waals surface area (Å²) < 4.78 is 6.74. The zero-order chi connectivity index (χ0) is 12.7. The van der Waals surface area contributed by atoms with Crippen LogP contribution in [0.1, 0.15) is 45.2 Å². The van der Waals surface area contributed by atoms with Gasteiger partial charge in [-0.2, -0.15) is 0 Å². The molecule has 0 saturated heterocycles. The van der Waals surface area contributed by atoms with E-state index < -0.39 is 0 Å². The van der Waals surface area contributed by atoms with E-state index in [2.05, 4.69) is 54.2 Å². The highest BCUT2D eigenvalue weighted by Crippen LogP contribution is 2.28. The number of halogens is 1. The smallest absolute Gasteiger partial charge is 0.133 e. The van der Waals surface area contributed by atoms with Crippen LogP contribution in [0.25, 0.3) is 0 Å². The van der Waals surface area contributed by atoms with Crippen molar-refractivity contribution in [3.05, 3.63) is 28.2 Å². The lowest BCUT2D eigenvalue weighted by molar-refractivity contribution is 0.307. The van der Waals surface area contributed by atoms with E-state index in [-0.39, 0.29) is 0 Å². The monoisotopic (exact) mass is 299 g/mol. The predicted octanol–water partition coefficient (Wildman–Crippen LogP) is 4.30. The third-order valence-corrected chi connectivity index (χ3v) is 3.34. The first-order valence-electron chi connectivity index (χ1n) is 6.34. The minimum atomic E-state index is 0.376. The predicted molar refractivity (Wildman–Crippen MR) is 76.6 cm³/mol. The lowest BCUT2D eigenvalue weighted by Crippen LogP contribution is -2.17. The van der Waals surface area contributed by atoms with Crippen LogP contribution in [0.2, 0.25) is 0 Å². The van der Waals surface area contributed by atoms with Gasteiger partial charge in [-0.15, -0.1) is 0 Å². The molecular weight excluding hydrogens is 278 g/mol. The van der Waals surface area contributed by atoms with E-state index in [9.17, 15) is 0 Å². The molecule has 1 N–H and O–H groups in total. The normalized spacial score (nSPS) is 12.5. The largest absolute Gasteiger partial charge is 0.492 e. The molecule has 0 spiro atoms. The summed E-state index contributed by atoms with van der Waals surface area (Å²) in [5.74, 6) is 0.936. The number of hydrogen-bond acceptors (Lipinski definition) is 2. The van der Waals surface area contributed by atoms with E-state index in [0.717, 1.165) is 36.2 Å². The van der Waals surface area contributed by atoms with Crippen LogP contribution < -0.4 is 10.1 Å². The molecule has 0 amide bonds. The van der Waals surface area contributed by atoms with Crippen molar-refractivity contribution in [2.75, 3.05) is 13.2 Å². The molecule has 0 bridgehead atoms. The molecule has 1 aromatic rings. The van der Waals surface area contributed by atoms with Crippen molar-refractivity contribution >= 4 is 15.9 Å². The van der Waals surface area contributed by atoms with Crippen molar-refractivity contribution in [2.45, 2.75) is 39.7 Å². The summed E-state index contributed by atoms with van der Waals surface area (Å²) in [6.07, 6.45) is 2.26. The Morgan fingerprint density at radius 2 is 2.12 bits per heavy atom. The maximum absolute atomic E-state index is 5.70. The number of benzene rings is 1. The molecule has 0 aromatic heterocycles. The number of hydrogen-bond donors (Lipinski definition) is 1. The Morgan fingerprint density at radius 1 is 1.35 bits per heavy atom. The maximum atomic E-state index is 5.70. The van der Waals surface area contributed by atoms with Gasteiger partial charge in [-0.25, -0.2) is 0 Å². The molecule has 1 aromatic carbocycles. The highest BCUT2D eigenvalue weighted by atomic mass is 79.9. The standard InChI is InChI=1S/C14H22BrNO/c1-4-6-9-17-14-8-7-12(10-13(14)15)11(3)16-5-2/h7-8,10-11,16H,4-6,9H2,1-3H3. The van der Waals surface area contributed by atoms with Crippen molar-refractivity contribution in [3.63, 3.8) is 0 Å². The highest BCUT2D eigenvalue weighted by Gasteiger charge is 2.07. The van der Waals surface area contributed by atoms with Crippen LogP contribution >= 0.6 is 15.9 Å². The van der Waals surface area contributed by atoms with Crippen LogP contribution in [-0.4, -0.2) is 13.2 Å². The molecule has 1 unspecified atom stereocenters. The Hall–Kier alpha value is -0.540. The van der Waals surface area contributed by atoms with Crippen LogP contribution in [0, 0.1) is 0 Å². The summed E-state index contributed by atoms with van der Waals surface area (Å²) in [4.78, 5) is 0. The summed E-state index contributed by atoms with van der Waals surface area (Å²) in [6.45, 7) is 8.22. The molecular formula is C14H22BrNO. The minimum absolute atomic E-state index is 0.376. The highest BCUT2D eigenvalue weighted by molar-refractivity contribution is 9.10. The quantitative estimate of drug-likeness (QED) is 0.758. The van der Waals surface area contributed by atoms with Gasteiger partial charge in [-0.05, 0) is 53.5 Å². The molecule has 96 valence electrons. The number of ether oxygens (including phenoxy) is 1. The van der Waals surface area contributed by atoms with Crippen LogP contribution in [0.15, 0.2) is 22.7 Å². The van der Waals surface area contributed by atoms with Crippen LogP contribution in [0.4, 0.5) is 0 Å². The lowest BCUT2D eigenvalue weighted by Gasteiger charge is -2.15. The fraction of sp³-hybridized carbons (Fsp3) is 0.571. The van der Waals surface area contributed by atoms with Gasteiger partial charge < -0.3 is 10.1 Å². The number of rotatable bonds is 7. The lowest BCUT2D eigenvalue weighted by atomic mass is 10.1. The summed E-state index contributed by atoms with van der Waals surface area (Å²) >= 11 is 3.57. The molecule has 1 rings (SSSR count). The molecule has 0 aliphatic rings. The van der Waals surface area contributed by atoms with Gasteiger partial charge >= 0.3 is 0 Å². The first-order chi connectivity index (χ1) is 8.19. The first kappa shape index (κ1) is 14.5. The third kappa shape index (κ3) is 4.68. The fourth-order valence-electron chi connectivity index (χ4n) is 1.65. The zero-order valence-electron chi connectivity index (χ0n) is 10.9. The zero-order valence-corrected chi connectivity index (χ0v) is 12.5. The van der Waals surface area contributed by atoms with Crippen molar-refractivity contribution in [2.24, 2.45) is 0 Å². The average molecular weight is 300 g/mol. The molecule has 0 fully saturated rings. The van der Waals surface area contributed by atoms with Crippen LogP contribution in [0.5, 0.6) is 5.75 Å². The first-order valence-corrected chi connectivity index (χ1v) is 7.14. The summed E-state index contributed by atoms with van der Waals surface area (Å²) in [5.41, 5.74) is 1.28. The van der Waals surface area contributed by atoms with Crippen molar-refractivity contribution in [1.82, 2.24) is 5.32 Å². The van der Waals surface area contributed by atoms with Gasteiger partial charge in [0.1, 0.15) is 5.75 Å². The minimum Gasteiger partial charge on any atom is -0.492 e. The molecule has 0 heterocycles. The van der Waals surface area contributed by atoms with E-state index in [1.165, 1.54) is 5.56 Å². The Labute approximate surface area is 113 Å². The van der Waals surface area contributed by atoms with Crippen molar-refractivity contribution in [3.8, 4) is 5.75 Å². The van der Waals surface area contributed by atoms with Gasteiger partial charge in [0.15, 0.2) is 0 Å². The summed E-state index contributed by atoms with van der Waals surface area (Å²) in [5, 5.41) is 3.40. The number of unbranched alkanes of at least 4 members (excludes halogenated alkanes) is 1. The molecule has 17 heavy (non-hydrogen) atoms. The molecule has 0 radical (unpaired) electrons. The Bertz CT molecular complexity index is 341. The van der Waals surface area contributed by atoms with Gasteiger partial charge in [-0.3, -0.25) is 0 Å². The van der Waals surface area contributed by atoms with Crippen LogP contribution in [0.3, 0.4) is 0 Å². The Balaban J connectivity index is 2.65. The molecule has 0 aliphatic heterocycles. The van der Waals surface area contributed by atoms with Gasteiger partial charge in [0.25, 0.3) is 0 Å². The van der Waals surface area contributed by atoms with E-state index in [0.29, 0.717) is 6.04 Å². The van der Waals surface area contributed by atoms with E-state index in [1.54, 1.807) is 0 Å². The Morgan fingerprint density at radius 3 is 2.71 bits per heavy atom. The second kappa shape index (κ2) is 7.72. The topological polar surface area (TPSA) is 21.3 Å². The summed E-state index contributed by atoms with van der Waals surface area (Å²) in [6, 6.07) is 6.68. The second-order valence-corrected chi connectivity index (χ2v) is 5.03.